The van der Waals surface area contributed by atoms with Crippen LogP contribution in [0.15, 0.2) is 30.7 Å². The molecule has 1 aliphatic rings. The Balaban J connectivity index is 1.62. The Kier molecular flexibility index (Phi) is 6.55. The van der Waals surface area contributed by atoms with Crippen molar-refractivity contribution < 1.29 is 14.3 Å². The first-order chi connectivity index (χ1) is 15.5. The number of carbonyl (C=O) groups excluding carboxylic acids is 1. The number of hydrogen-bond acceptors (Lipinski definition) is 7. The molecule has 0 aromatic carbocycles. The molecule has 9 nitrogen and oxygen atoms in total. The van der Waals surface area contributed by atoms with Gasteiger partial charge in [-0.15, -0.1) is 0 Å². The van der Waals surface area contributed by atoms with Crippen molar-refractivity contribution in [1.29, 1.82) is 0 Å². The number of amides is 1. The fourth-order valence-corrected chi connectivity index (χ4v) is 3.96. The minimum absolute atomic E-state index is 0.0654. The van der Waals surface area contributed by atoms with Crippen LogP contribution in [-0.4, -0.2) is 64.9 Å². The van der Waals surface area contributed by atoms with Gasteiger partial charge in [-0.25, -0.2) is 15.0 Å². The third-order valence-electron chi connectivity index (χ3n) is 5.95. The standard InChI is InChI=1S/C23H30N6O3/c1-5-29(8-9-31-4)20-7-6-16(12-24-20)18-11-19-22(28(3)14-26-19)23(27-18)32-15(2)17-10-21(30)25-13-17/h6-7,11-12,14-15,17H,5,8-10,13H2,1-4H3,(H,25,30)/t15-,17-/m1/s1. The van der Waals surface area contributed by atoms with E-state index in [1.54, 1.807) is 13.4 Å². The summed E-state index contributed by atoms with van der Waals surface area (Å²) in [6, 6.07) is 5.96. The van der Waals surface area contributed by atoms with Crippen LogP contribution in [0.3, 0.4) is 0 Å². The average Bonchev–Trinajstić information content (AvgIpc) is 3.40. The van der Waals surface area contributed by atoms with Crippen molar-refractivity contribution in [3.8, 4) is 17.1 Å². The molecule has 3 aromatic heterocycles. The van der Waals surface area contributed by atoms with E-state index < -0.39 is 0 Å². The van der Waals surface area contributed by atoms with Crippen LogP contribution >= 0.6 is 0 Å². The summed E-state index contributed by atoms with van der Waals surface area (Å²) in [7, 11) is 3.62. The zero-order valence-corrected chi connectivity index (χ0v) is 19.0. The number of fused-ring (bicyclic) bond motifs is 1. The van der Waals surface area contributed by atoms with Gasteiger partial charge in [0.25, 0.3) is 0 Å². The molecule has 0 unspecified atom stereocenters. The minimum atomic E-state index is -0.158. The zero-order chi connectivity index (χ0) is 22.7. The quantitative estimate of drug-likeness (QED) is 0.548. The van der Waals surface area contributed by atoms with Crippen LogP contribution in [0.5, 0.6) is 5.88 Å². The van der Waals surface area contributed by atoms with Gasteiger partial charge >= 0.3 is 0 Å². The first kappa shape index (κ1) is 22.0. The molecule has 1 N–H and O–H groups in total. The van der Waals surface area contributed by atoms with Crippen LogP contribution in [0.25, 0.3) is 22.3 Å². The molecule has 1 fully saturated rings. The highest BCUT2D eigenvalue weighted by molar-refractivity contribution is 5.84. The highest BCUT2D eigenvalue weighted by Gasteiger charge is 2.29. The van der Waals surface area contributed by atoms with Crippen molar-refractivity contribution in [1.82, 2.24) is 24.8 Å². The summed E-state index contributed by atoms with van der Waals surface area (Å²) in [4.78, 5) is 27.7. The minimum Gasteiger partial charge on any atom is -0.473 e. The van der Waals surface area contributed by atoms with Crippen LogP contribution in [-0.2, 0) is 16.6 Å². The number of likely N-dealkylation sites (N-methyl/N-ethyl adjacent to an activating group) is 1. The number of rotatable bonds is 9. The maximum absolute atomic E-state index is 11.6. The van der Waals surface area contributed by atoms with E-state index in [-0.39, 0.29) is 17.9 Å². The molecule has 1 saturated heterocycles. The number of aryl methyl sites for hydroxylation is 1. The number of ether oxygens (including phenoxy) is 2. The molecule has 0 spiro atoms. The number of nitrogens with one attached hydrogen (secondary N) is 1. The fourth-order valence-electron chi connectivity index (χ4n) is 3.96. The molecular formula is C23H30N6O3. The summed E-state index contributed by atoms with van der Waals surface area (Å²) in [5.74, 6) is 1.60. The second-order valence-corrected chi connectivity index (χ2v) is 8.10. The van der Waals surface area contributed by atoms with Gasteiger partial charge in [-0.2, -0.15) is 0 Å². The van der Waals surface area contributed by atoms with Crippen molar-refractivity contribution in [2.24, 2.45) is 13.0 Å². The van der Waals surface area contributed by atoms with Crippen molar-refractivity contribution in [2.75, 3.05) is 38.3 Å². The molecule has 0 bridgehead atoms. The molecule has 4 rings (SSSR count). The summed E-state index contributed by atoms with van der Waals surface area (Å²) < 4.78 is 13.4. The molecule has 2 atom stereocenters. The predicted octanol–water partition coefficient (Wildman–Crippen LogP) is 2.41. The molecule has 3 aromatic rings. The molecule has 0 saturated carbocycles. The summed E-state index contributed by atoms with van der Waals surface area (Å²) >= 11 is 0. The molecule has 4 heterocycles. The summed E-state index contributed by atoms with van der Waals surface area (Å²) in [5, 5.41) is 2.87. The van der Waals surface area contributed by atoms with Gasteiger partial charge in [0, 0.05) is 57.9 Å². The second kappa shape index (κ2) is 9.52. The van der Waals surface area contributed by atoms with Gasteiger partial charge in [-0.3, -0.25) is 4.79 Å². The van der Waals surface area contributed by atoms with E-state index in [0.717, 1.165) is 41.2 Å². The highest BCUT2D eigenvalue weighted by atomic mass is 16.5. The number of pyridine rings is 2. The largest absolute Gasteiger partial charge is 0.473 e. The number of nitrogens with zero attached hydrogens (tertiary/aromatic N) is 5. The van der Waals surface area contributed by atoms with E-state index in [1.165, 1.54) is 0 Å². The Morgan fingerprint density at radius 1 is 1.34 bits per heavy atom. The third kappa shape index (κ3) is 4.52. The zero-order valence-electron chi connectivity index (χ0n) is 19.0. The lowest BCUT2D eigenvalue weighted by atomic mass is 10.0. The van der Waals surface area contributed by atoms with E-state index >= 15 is 0 Å². The van der Waals surface area contributed by atoms with E-state index in [4.69, 9.17) is 14.5 Å². The van der Waals surface area contributed by atoms with Gasteiger partial charge in [0.1, 0.15) is 17.4 Å². The Morgan fingerprint density at radius 2 is 2.19 bits per heavy atom. The normalized spacial score (nSPS) is 16.9. The Labute approximate surface area is 187 Å². The first-order valence-corrected chi connectivity index (χ1v) is 11.0. The van der Waals surface area contributed by atoms with E-state index in [1.807, 2.05) is 42.9 Å². The number of methoxy groups -OCH3 is 1. The molecule has 1 amide bonds. The number of anilines is 1. The van der Waals surface area contributed by atoms with Gasteiger partial charge < -0.3 is 24.3 Å². The average molecular weight is 439 g/mol. The van der Waals surface area contributed by atoms with Crippen molar-refractivity contribution in [2.45, 2.75) is 26.4 Å². The van der Waals surface area contributed by atoms with Crippen LogP contribution in [0.2, 0.25) is 0 Å². The van der Waals surface area contributed by atoms with E-state index in [0.29, 0.717) is 25.5 Å². The predicted molar refractivity (Wildman–Crippen MR) is 123 cm³/mol. The smallest absolute Gasteiger partial charge is 0.241 e. The van der Waals surface area contributed by atoms with Crippen molar-refractivity contribution >= 4 is 22.8 Å². The molecular weight excluding hydrogens is 408 g/mol. The highest BCUT2D eigenvalue weighted by Crippen LogP contribution is 2.30. The van der Waals surface area contributed by atoms with E-state index in [2.05, 4.69) is 27.1 Å². The Morgan fingerprint density at radius 3 is 2.84 bits per heavy atom. The van der Waals surface area contributed by atoms with Gasteiger partial charge in [-0.05, 0) is 32.0 Å². The van der Waals surface area contributed by atoms with Gasteiger partial charge in [0.05, 0.1) is 24.1 Å². The Bertz CT molecular complexity index is 1080. The van der Waals surface area contributed by atoms with Crippen molar-refractivity contribution in [3.05, 3.63) is 30.7 Å². The number of aromatic nitrogens is 4. The van der Waals surface area contributed by atoms with E-state index in [9.17, 15) is 4.79 Å². The van der Waals surface area contributed by atoms with Crippen LogP contribution < -0.4 is 15.0 Å². The molecule has 32 heavy (non-hydrogen) atoms. The second-order valence-electron chi connectivity index (χ2n) is 8.10. The molecule has 0 aliphatic carbocycles. The van der Waals surface area contributed by atoms with Crippen LogP contribution in [0, 0.1) is 5.92 Å². The number of carbonyl (C=O) groups is 1. The number of hydrogen-bond donors (Lipinski definition) is 1. The maximum Gasteiger partial charge on any atom is 0.241 e. The molecule has 0 radical (unpaired) electrons. The molecule has 1 aliphatic heterocycles. The first-order valence-electron chi connectivity index (χ1n) is 11.0. The van der Waals surface area contributed by atoms with Gasteiger partial charge in [0.2, 0.25) is 11.8 Å². The van der Waals surface area contributed by atoms with Gasteiger partial charge in [0.15, 0.2) is 0 Å². The summed E-state index contributed by atoms with van der Waals surface area (Å²) in [6.07, 6.45) is 3.89. The Hall–Kier alpha value is -3.20. The summed E-state index contributed by atoms with van der Waals surface area (Å²) in [5.41, 5.74) is 3.27. The van der Waals surface area contributed by atoms with Crippen LogP contribution in [0.1, 0.15) is 20.3 Å². The lowest BCUT2D eigenvalue weighted by Gasteiger charge is -2.21. The lowest BCUT2D eigenvalue weighted by molar-refractivity contribution is -0.119. The fraction of sp³-hybridized carbons (Fsp3) is 0.478. The maximum atomic E-state index is 11.6. The van der Waals surface area contributed by atoms with Crippen LogP contribution in [0.4, 0.5) is 5.82 Å². The van der Waals surface area contributed by atoms with Gasteiger partial charge in [-0.1, -0.05) is 0 Å². The number of imidazole rings is 1. The monoisotopic (exact) mass is 438 g/mol. The topological polar surface area (TPSA) is 94.4 Å². The molecule has 9 heteroatoms. The van der Waals surface area contributed by atoms with Crippen molar-refractivity contribution in [3.63, 3.8) is 0 Å². The SMILES string of the molecule is CCN(CCOC)c1ccc(-c2cc3ncn(C)c3c(O[C@H](C)[C@H]3CNC(=O)C3)n2)cn1. The summed E-state index contributed by atoms with van der Waals surface area (Å²) in [6.45, 7) is 6.98. The molecule has 170 valence electrons. The third-order valence-corrected chi connectivity index (χ3v) is 5.95. The lowest BCUT2D eigenvalue weighted by Crippen LogP contribution is -2.27.